The normalized spacial score (nSPS) is 27.2. The highest BCUT2D eigenvalue weighted by Gasteiger charge is 2.31. The quantitative estimate of drug-likeness (QED) is 0.691. The molecule has 2 aliphatic rings. The van der Waals surface area contributed by atoms with Crippen molar-refractivity contribution in [2.24, 2.45) is 18.9 Å². The van der Waals surface area contributed by atoms with Crippen LogP contribution in [0.15, 0.2) is 23.0 Å². The van der Waals surface area contributed by atoms with Crippen LogP contribution in [0, 0.1) is 11.8 Å². The number of aliphatic carboxylic acids is 1. The number of piperidine rings is 1. The number of benzene rings is 1. The smallest absolute Gasteiger partial charge is 0.329 e. The van der Waals surface area contributed by atoms with Crippen molar-refractivity contribution in [1.82, 2.24) is 14.5 Å². The first-order chi connectivity index (χ1) is 14.3. The molecule has 8 heteroatoms. The molecular weight excluding hydrogens is 386 g/mol. The summed E-state index contributed by atoms with van der Waals surface area (Å²) in [4.78, 5) is 35.3. The molecule has 2 fully saturated rings. The summed E-state index contributed by atoms with van der Waals surface area (Å²) in [6.07, 6.45) is 4.79. The van der Waals surface area contributed by atoms with Gasteiger partial charge in [0.05, 0.1) is 17.1 Å². The number of rotatable bonds is 5. The summed E-state index contributed by atoms with van der Waals surface area (Å²) in [6, 6.07) is 5.54. The summed E-state index contributed by atoms with van der Waals surface area (Å²) < 4.78 is 3.20. The molecule has 1 aromatic carbocycles. The van der Waals surface area contributed by atoms with Gasteiger partial charge in [-0.25, -0.2) is 4.79 Å². The van der Waals surface area contributed by atoms with Crippen LogP contribution in [-0.4, -0.2) is 37.5 Å². The van der Waals surface area contributed by atoms with E-state index in [1.54, 1.807) is 16.2 Å². The van der Waals surface area contributed by atoms with Crippen molar-refractivity contribution in [3.05, 3.63) is 34.2 Å². The molecule has 1 aliphatic heterocycles. The van der Waals surface area contributed by atoms with Gasteiger partial charge >= 0.3 is 11.7 Å². The van der Waals surface area contributed by atoms with Crippen molar-refractivity contribution in [3.8, 4) is 0 Å². The Morgan fingerprint density at radius 3 is 2.47 bits per heavy atom. The van der Waals surface area contributed by atoms with Crippen molar-refractivity contribution in [2.75, 3.05) is 0 Å². The van der Waals surface area contributed by atoms with E-state index in [-0.39, 0.29) is 24.4 Å². The molecule has 162 valence electrons. The van der Waals surface area contributed by atoms with Crippen molar-refractivity contribution in [3.63, 3.8) is 0 Å². The van der Waals surface area contributed by atoms with E-state index in [0.29, 0.717) is 18.3 Å². The number of aliphatic hydroxyl groups is 1. The Kier molecular flexibility index (Phi) is 5.69. The molecule has 0 spiro atoms. The highest BCUT2D eigenvalue weighted by atomic mass is 16.4. The Balaban J connectivity index is 1.53. The SMILES string of the molecule is Cn1c(=O)n(C2CCC(=O)NC2O)c2ccc(CC3CCC(CC(=O)O)CC3)cc21. The number of amides is 1. The topological polar surface area (TPSA) is 114 Å². The number of aromatic nitrogens is 2. The van der Waals surface area contributed by atoms with Gasteiger partial charge in [-0.15, -0.1) is 0 Å². The molecule has 0 bridgehead atoms. The molecule has 0 radical (unpaired) electrons. The van der Waals surface area contributed by atoms with Crippen LogP contribution < -0.4 is 11.0 Å². The van der Waals surface area contributed by atoms with E-state index in [1.807, 2.05) is 18.2 Å². The molecule has 1 saturated heterocycles. The molecule has 2 atom stereocenters. The number of carbonyl (C=O) groups is 2. The van der Waals surface area contributed by atoms with Gasteiger partial charge < -0.3 is 15.5 Å². The molecule has 1 aromatic heterocycles. The Morgan fingerprint density at radius 2 is 1.80 bits per heavy atom. The number of hydrogen-bond acceptors (Lipinski definition) is 4. The lowest BCUT2D eigenvalue weighted by molar-refractivity contribution is -0.138. The van der Waals surface area contributed by atoms with Crippen LogP contribution in [0.4, 0.5) is 0 Å². The molecule has 4 rings (SSSR count). The number of imidazole rings is 1. The highest BCUT2D eigenvalue weighted by Crippen LogP contribution is 2.33. The van der Waals surface area contributed by atoms with Crippen LogP contribution in [0.1, 0.15) is 56.6 Å². The fraction of sp³-hybridized carbons (Fsp3) is 0.591. The van der Waals surface area contributed by atoms with Crippen LogP contribution in [0.2, 0.25) is 0 Å². The number of carboxylic acids is 1. The molecule has 1 aliphatic carbocycles. The number of nitrogens with one attached hydrogen (secondary N) is 1. The zero-order valence-electron chi connectivity index (χ0n) is 17.2. The van der Waals surface area contributed by atoms with Crippen LogP contribution in [0.25, 0.3) is 11.0 Å². The van der Waals surface area contributed by atoms with Gasteiger partial charge in [0.2, 0.25) is 5.91 Å². The van der Waals surface area contributed by atoms with Gasteiger partial charge in [0, 0.05) is 19.9 Å². The number of nitrogens with zero attached hydrogens (tertiary/aromatic N) is 2. The zero-order chi connectivity index (χ0) is 21.4. The second kappa shape index (κ2) is 8.26. The lowest BCUT2D eigenvalue weighted by Crippen LogP contribution is -2.47. The van der Waals surface area contributed by atoms with E-state index in [2.05, 4.69) is 5.32 Å². The fourth-order valence-electron chi connectivity index (χ4n) is 5.12. The number of carboxylic acid groups (broad SMARTS) is 1. The van der Waals surface area contributed by atoms with Crippen molar-refractivity contribution in [1.29, 1.82) is 0 Å². The first-order valence-corrected chi connectivity index (χ1v) is 10.7. The van der Waals surface area contributed by atoms with E-state index in [0.717, 1.165) is 48.7 Å². The second-order valence-corrected chi connectivity index (χ2v) is 8.84. The minimum Gasteiger partial charge on any atom is -0.481 e. The Hall–Kier alpha value is -2.61. The van der Waals surface area contributed by atoms with Crippen LogP contribution in [0.5, 0.6) is 0 Å². The van der Waals surface area contributed by atoms with E-state index >= 15 is 0 Å². The Bertz CT molecular complexity index is 1020. The number of fused-ring (bicyclic) bond motifs is 1. The zero-order valence-corrected chi connectivity index (χ0v) is 17.2. The molecular formula is C22H29N3O5. The third-order valence-electron chi connectivity index (χ3n) is 6.78. The predicted molar refractivity (Wildman–Crippen MR) is 111 cm³/mol. The van der Waals surface area contributed by atoms with Crippen LogP contribution >= 0.6 is 0 Å². The van der Waals surface area contributed by atoms with E-state index in [4.69, 9.17) is 5.11 Å². The van der Waals surface area contributed by atoms with Gasteiger partial charge in [-0.2, -0.15) is 0 Å². The maximum Gasteiger partial charge on any atom is 0.329 e. The lowest BCUT2D eigenvalue weighted by atomic mass is 9.78. The second-order valence-electron chi connectivity index (χ2n) is 8.84. The summed E-state index contributed by atoms with van der Waals surface area (Å²) in [5, 5.41) is 21.8. The largest absolute Gasteiger partial charge is 0.481 e. The minimum absolute atomic E-state index is 0.198. The monoisotopic (exact) mass is 415 g/mol. The maximum atomic E-state index is 12.9. The summed E-state index contributed by atoms with van der Waals surface area (Å²) in [5.41, 5.74) is 2.55. The maximum absolute atomic E-state index is 12.9. The number of hydrogen-bond donors (Lipinski definition) is 3. The Morgan fingerprint density at radius 1 is 1.10 bits per heavy atom. The molecule has 3 N–H and O–H groups in total. The first-order valence-electron chi connectivity index (χ1n) is 10.7. The molecule has 2 aromatic rings. The van der Waals surface area contributed by atoms with Gasteiger partial charge in [-0.3, -0.25) is 18.7 Å². The molecule has 1 amide bonds. The Labute approximate surface area is 174 Å². The standard InChI is InChI=1S/C22H29N3O5/c1-24-18-11-15(10-13-2-4-14(5-3-13)12-20(27)28)6-7-16(18)25(22(24)30)17-8-9-19(26)23-21(17)29/h6-7,11,13-14,17,21,29H,2-5,8-10,12H2,1H3,(H,23,26)(H,27,28). The molecule has 2 unspecified atom stereocenters. The van der Waals surface area contributed by atoms with Crippen LogP contribution in [0.3, 0.4) is 0 Å². The molecule has 2 heterocycles. The van der Waals surface area contributed by atoms with Gasteiger partial charge in [-0.1, -0.05) is 6.07 Å². The fourth-order valence-corrected chi connectivity index (χ4v) is 5.12. The van der Waals surface area contributed by atoms with Gasteiger partial charge in [0.25, 0.3) is 0 Å². The number of carbonyl (C=O) groups excluding carboxylic acids is 1. The molecule has 30 heavy (non-hydrogen) atoms. The summed E-state index contributed by atoms with van der Waals surface area (Å²) in [6.45, 7) is 0. The first kappa shape index (κ1) is 20.7. The highest BCUT2D eigenvalue weighted by molar-refractivity contribution is 5.79. The van der Waals surface area contributed by atoms with Gasteiger partial charge in [0.1, 0.15) is 6.23 Å². The average molecular weight is 415 g/mol. The van der Waals surface area contributed by atoms with E-state index < -0.39 is 18.2 Å². The van der Waals surface area contributed by atoms with Gasteiger partial charge in [0.15, 0.2) is 0 Å². The average Bonchev–Trinajstić information content (AvgIpc) is 2.94. The third-order valence-corrected chi connectivity index (χ3v) is 6.78. The lowest BCUT2D eigenvalue weighted by Gasteiger charge is -2.29. The third kappa shape index (κ3) is 4.01. The van der Waals surface area contributed by atoms with E-state index in [9.17, 15) is 19.5 Å². The number of aryl methyl sites for hydroxylation is 1. The van der Waals surface area contributed by atoms with Crippen molar-refractivity contribution < 1.29 is 19.8 Å². The number of aliphatic hydroxyl groups excluding tert-OH is 1. The summed E-state index contributed by atoms with van der Waals surface area (Å²) in [7, 11) is 1.73. The van der Waals surface area contributed by atoms with Crippen molar-refractivity contribution in [2.45, 2.75) is 63.6 Å². The van der Waals surface area contributed by atoms with Crippen molar-refractivity contribution >= 4 is 22.9 Å². The molecule has 8 nitrogen and oxygen atoms in total. The van der Waals surface area contributed by atoms with Gasteiger partial charge in [-0.05, 0) is 68.1 Å². The summed E-state index contributed by atoms with van der Waals surface area (Å²) >= 11 is 0. The summed E-state index contributed by atoms with van der Waals surface area (Å²) in [5.74, 6) is -0.0927. The molecule has 1 saturated carbocycles. The van der Waals surface area contributed by atoms with E-state index in [1.165, 1.54) is 0 Å². The minimum atomic E-state index is -1.07. The predicted octanol–water partition coefficient (Wildman–Crippen LogP) is 1.93. The van der Waals surface area contributed by atoms with Crippen LogP contribution in [-0.2, 0) is 23.1 Å².